The average Bonchev–Trinajstić information content (AvgIpc) is 2.83. The minimum absolute atomic E-state index is 0.162. The van der Waals surface area contributed by atoms with Crippen LogP contribution in [0.3, 0.4) is 0 Å². The Labute approximate surface area is 194 Å². The molecule has 33 heavy (non-hydrogen) atoms. The second kappa shape index (κ2) is 9.98. The molecular formula is C23H29N5O4S. The molecule has 1 atom stereocenters. The quantitative estimate of drug-likeness (QED) is 0.494. The van der Waals surface area contributed by atoms with Crippen LogP contribution in [0.15, 0.2) is 42.7 Å². The fraction of sp³-hybridized carbons (Fsp3) is 0.435. The van der Waals surface area contributed by atoms with Crippen LogP contribution in [0.1, 0.15) is 13.8 Å². The number of fused-ring (bicyclic) bond motifs is 1. The minimum Gasteiger partial charge on any atom is -0.473 e. The van der Waals surface area contributed by atoms with Crippen molar-refractivity contribution in [1.82, 2.24) is 19.3 Å². The van der Waals surface area contributed by atoms with Gasteiger partial charge in [-0.05, 0) is 32.0 Å². The monoisotopic (exact) mass is 471 g/mol. The minimum atomic E-state index is -3.28. The number of anilines is 1. The number of hydrogen-bond donors (Lipinski definition) is 0. The van der Waals surface area contributed by atoms with Crippen LogP contribution in [0.25, 0.3) is 22.3 Å². The topological polar surface area (TPSA) is 97.8 Å². The lowest BCUT2D eigenvalue weighted by molar-refractivity contribution is -0.0252. The third kappa shape index (κ3) is 5.40. The maximum absolute atomic E-state index is 11.9. The molecule has 3 heterocycles. The van der Waals surface area contributed by atoms with Gasteiger partial charge in [0.25, 0.3) is 0 Å². The third-order valence-electron chi connectivity index (χ3n) is 5.69. The van der Waals surface area contributed by atoms with E-state index in [0.29, 0.717) is 30.1 Å². The van der Waals surface area contributed by atoms with Crippen LogP contribution < -0.4 is 9.64 Å². The predicted molar refractivity (Wildman–Crippen MR) is 128 cm³/mol. The van der Waals surface area contributed by atoms with Crippen LogP contribution in [0, 0.1) is 0 Å². The second-order valence-electron chi connectivity index (χ2n) is 7.88. The average molecular weight is 472 g/mol. The van der Waals surface area contributed by atoms with Gasteiger partial charge in [0.05, 0.1) is 24.1 Å². The van der Waals surface area contributed by atoms with Crippen molar-refractivity contribution in [3.8, 4) is 17.1 Å². The molecule has 0 N–H and O–H groups in total. The van der Waals surface area contributed by atoms with E-state index in [4.69, 9.17) is 14.5 Å². The molecule has 0 saturated carbocycles. The molecule has 0 bridgehead atoms. The number of nitrogens with zero attached hydrogens (tertiary/aromatic N) is 5. The number of ether oxygens (including phenoxy) is 2. The van der Waals surface area contributed by atoms with Gasteiger partial charge in [-0.15, -0.1) is 0 Å². The first kappa shape index (κ1) is 23.3. The lowest BCUT2D eigenvalue weighted by atomic mass is 10.1. The highest BCUT2D eigenvalue weighted by Gasteiger charge is 2.27. The second-order valence-corrected chi connectivity index (χ2v) is 9.86. The number of aromatic nitrogens is 3. The van der Waals surface area contributed by atoms with Gasteiger partial charge in [0, 0.05) is 49.8 Å². The molecule has 10 heteroatoms. The zero-order valence-corrected chi connectivity index (χ0v) is 20.0. The number of rotatable bonds is 8. The van der Waals surface area contributed by atoms with Gasteiger partial charge in [-0.1, -0.05) is 12.1 Å². The summed E-state index contributed by atoms with van der Waals surface area (Å²) in [7, 11) is -3.28. The van der Waals surface area contributed by atoms with E-state index in [1.54, 1.807) is 12.4 Å². The molecule has 1 aromatic carbocycles. The molecule has 1 fully saturated rings. The van der Waals surface area contributed by atoms with Crippen LogP contribution in [-0.4, -0.2) is 79.4 Å². The van der Waals surface area contributed by atoms with Gasteiger partial charge in [-0.2, -0.15) is 4.31 Å². The number of morpholine rings is 1. The van der Waals surface area contributed by atoms with Crippen molar-refractivity contribution in [2.24, 2.45) is 0 Å². The summed E-state index contributed by atoms with van der Waals surface area (Å²) in [5.41, 5.74) is 4.06. The van der Waals surface area contributed by atoms with Crippen molar-refractivity contribution in [3.63, 3.8) is 0 Å². The van der Waals surface area contributed by atoms with Crippen molar-refractivity contribution < 1.29 is 17.9 Å². The van der Waals surface area contributed by atoms with Crippen LogP contribution in [0.2, 0.25) is 0 Å². The first-order chi connectivity index (χ1) is 15.9. The van der Waals surface area contributed by atoms with E-state index < -0.39 is 10.0 Å². The molecule has 4 rings (SSSR count). The highest BCUT2D eigenvalue weighted by Crippen LogP contribution is 2.28. The van der Waals surface area contributed by atoms with Gasteiger partial charge in [-0.25, -0.2) is 18.4 Å². The summed E-state index contributed by atoms with van der Waals surface area (Å²) >= 11 is 0. The lowest BCUT2D eigenvalue weighted by Gasteiger charge is -2.30. The van der Waals surface area contributed by atoms with Gasteiger partial charge >= 0.3 is 0 Å². The summed E-state index contributed by atoms with van der Waals surface area (Å²) in [5.74, 6) is 0.350. The fourth-order valence-corrected chi connectivity index (χ4v) is 4.73. The van der Waals surface area contributed by atoms with Crippen LogP contribution in [-0.2, 0) is 14.8 Å². The van der Waals surface area contributed by atoms with Gasteiger partial charge < -0.3 is 14.4 Å². The third-order valence-corrected chi connectivity index (χ3v) is 6.96. The number of sulfonamides is 1. The van der Waals surface area contributed by atoms with Crippen LogP contribution in [0.5, 0.6) is 5.88 Å². The Bertz CT molecular complexity index is 1200. The number of hydrogen-bond acceptors (Lipinski definition) is 8. The highest BCUT2D eigenvalue weighted by atomic mass is 32.2. The summed E-state index contributed by atoms with van der Waals surface area (Å²) in [5, 5.41) is 0. The van der Waals surface area contributed by atoms with E-state index in [2.05, 4.69) is 40.8 Å². The molecule has 176 valence electrons. The van der Waals surface area contributed by atoms with Gasteiger partial charge in [0.1, 0.15) is 12.7 Å². The number of pyridine rings is 1. The smallest absolute Gasteiger partial charge is 0.242 e. The largest absolute Gasteiger partial charge is 0.473 e. The van der Waals surface area contributed by atoms with Crippen molar-refractivity contribution >= 4 is 26.7 Å². The Hall–Kier alpha value is -2.82. The maximum atomic E-state index is 11.9. The van der Waals surface area contributed by atoms with Crippen molar-refractivity contribution in [2.45, 2.75) is 20.0 Å². The van der Waals surface area contributed by atoms with E-state index in [0.717, 1.165) is 30.0 Å². The molecule has 0 unspecified atom stereocenters. The summed E-state index contributed by atoms with van der Waals surface area (Å²) in [6.45, 7) is 7.24. The number of benzene rings is 1. The summed E-state index contributed by atoms with van der Waals surface area (Å²) < 4.78 is 36.9. The molecular weight excluding hydrogens is 442 g/mol. The van der Waals surface area contributed by atoms with Gasteiger partial charge in [0.15, 0.2) is 5.52 Å². The SMILES string of the molecule is CCN(CC)c1ccc(-c2cc3nccnc3c(OC[C@@H]3CN(S(C)(=O)=O)CCO3)n2)cc1. The summed E-state index contributed by atoms with van der Waals surface area (Å²) in [4.78, 5) is 15.8. The zero-order valence-electron chi connectivity index (χ0n) is 19.1. The van der Waals surface area contributed by atoms with E-state index in [9.17, 15) is 8.42 Å². The molecule has 1 saturated heterocycles. The Balaban J connectivity index is 1.58. The Morgan fingerprint density at radius 2 is 1.88 bits per heavy atom. The normalized spacial score (nSPS) is 17.2. The fourth-order valence-electron chi connectivity index (χ4n) is 3.89. The summed E-state index contributed by atoms with van der Waals surface area (Å²) in [6, 6.07) is 10.1. The molecule has 9 nitrogen and oxygen atoms in total. The Kier molecular flexibility index (Phi) is 7.06. The Morgan fingerprint density at radius 1 is 1.15 bits per heavy atom. The van der Waals surface area contributed by atoms with Gasteiger partial charge in [0.2, 0.25) is 15.9 Å². The van der Waals surface area contributed by atoms with Crippen molar-refractivity contribution in [2.75, 3.05) is 50.5 Å². The first-order valence-electron chi connectivity index (χ1n) is 11.1. The molecule has 0 radical (unpaired) electrons. The highest BCUT2D eigenvalue weighted by molar-refractivity contribution is 7.88. The molecule has 3 aromatic rings. The molecule has 1 aliphatic heterocycles. The molecule has 0 aliphatic carbocycles. The zero-order chi connectivity index (χ0) is 23.4. The molecule has 2 aromatic heterocycles. The standard InChI is InChI=1S/C23H29N5O4S/c1-4-27(5-2)18-8-6-17(7-9-18)20-14-21-22(25-11-10-24-21)23(26-20)32-16-19-15-28(12-13-31-19)33(3,29)30/h6-11,14,19H,4-5,12-13,15-16H2,1-3H3/t19-/m0/s1. The van der Waals surface area contributed by atoms with Gasteiger partial charge in [-0.3, -0.25) is 4.98 Å². The molecule has 1 aliphatic rings. The maximum Gasteiger partial charge on any atom is 0.242 e. The van der Waals surface area contributed by atoms with Crippen LogP contribution >= 0.6 is 0 Å². The van der Waals surface area contributed by atoms with E-state index in [1.165, 1.54) is 10.6 Å². The van der Waals surface area contributed by atoms with Crippen LogP contribution in [0.4, 0.5) is 5.69 Å². The molecule has 0 spiro atoms. The van der Waals surface area contributed by atoms with E-state index >= 15 is 0 Å². The predicted octanol–water partition coefficient (Wildman–Crippen LogP) is 2.58. The summed E-state index contributed by atoms with van der Waals surface area (Å²) in [6.07, 6.45) is 4.04. The van der Waals surface area contributed by atoms with E-state index in [-0.39, 0.29) is 19.3 Å². The van der Waals surface area contributed by atoms with Crippen molar-refractivity contribution in [1.29, 1.82) is 0 Å². The first-order valence-corrected chi connectivity index (χ1v) is 12.9. The van der Waals surface area contributed by atoms with E-state index in [1.807, 2.05) is 18.2 Å². The Morgan fingerprint density at radius 3 is 2.58 bits per heavy atom. The lowest BCUT2D eigenvalue weighted by Crippen LogP contribution is -2.47. The van der Waals surface area contributed by atoms with Crippen molar-refractivity contribution in [3.05, 3.63) is 42.7 Å². The molecule has 0 amide bonds.